The molecule has 1 aromatic heterocycles. The number of halogens is 2. The van der Waals surface area contributed by atoms with Crippen LogP contribution in [0.3, 0.4) is 0 Å². The van der Waals surface area contributed by atoms with E-state index in [9.17, 15) is 4.39 Å². The molecular formula is C24H31FIN7. The van der Waals surface area contributed by atoms with Gasteiger partial charge in [0.25, 0.3) is 0 Å². The highest BCUT2D eigenvalue weighted by Gasteiger charge is 2.22. The van der Waals surface area contributed by atoms with E-state index in [0.717, 1.165) is 66.6 Å². The summed E-state index contributed by atoms with van der Waals surface area (Å²) in [5.74, 6) is 1.37. The third kappa shape index (κ3) is 6.66. The normalized spacial score (nSPS) is 16.3. The fraction of sp³-hybridized carbons (Fsp3) is 0.375. The summed E-state index contributed by atoms with van der Waals surface area (Å²) in [6, 6.07) is 13.4. The molecule has 7 nitrogen and oxygen atoms in total. The van der Waals surface area contributed by atoms with Crippen molar-refractivity contribution in [1.82, 2.24) is 25.8 Å². The Labute approximate surface area is 211 Å². The lowest BCUT2D eigenvalue weighted by molar-refractivity contribution is 0.467. The molecule has 0 radical (unpaired) electrons. The molecule has 1 aliphatic heterocycles. The second-order valence-electron chi connectivity index (χ2n) is 8.09. The van der Waals surface area contributed by atoms with E-state index in [-0.39, 0.29) is 35.8 Å². The van der Waals surface area contributed by atoms with Crippen molar-refractivity contribution < 1.29 is 4.39 Å². The molecule has 0 bridgehead atoms. The number of hydrogen-bond acceptors (Lipinski definition) is 4. The monoisotopic (exact) mass is 563 g/mol. The first kappa shape index (κ1) is 24.9. The van der Waals surface area contributed by atoms with E-state index in [1.165, 1.54) is 12.4 Å². The molecule has 1 aliphatic rings. The molecule has 0 aliphatic carbocycles. The highest BCUT2D eigenvalue weighted by molar-refractivity contribution is 14.0. The number of rotatable bonds is 6. The molecule has 2 heterocycles. The number of benzene rings is 2. The van der Waals surface area contributed by atoms with Crippen molar-refractivity contribution in [3.63, 3.8) is 0 Å². The maximum Gasteiger partial charge on any atom is 0.191 e. The summed E-state index contributed by atoms with van der Waals surface area (Å²) in [5.41, 5.74) is 4.16. The van der Waals surface area contributed by atoms with Crippen LogP contribution in [0.1, 0.15) is 30.9 Å². The van der Waals surface area contributed by atoms with Crippen LogP contribution in [-0.4, -0.2) is 46.8 Å². The molecular weight excluding hydrogens is 532 g/mol. The maximum atomic E-state index is 13.5. The molecule has 4 rings (SSSR count). The second-order valence-corrected chi connectivity index (χ2v) is 8.09. The summed E-state index contributed by atoms with van der Waals surface area (Å²) in [4.78, 5) is 11.4. The van der Waals surface area contributed by atoms with Gasteiger partial charge < -0.3 is 15.5 Å². The van der Waals surface area contributed by atoms with E-state index >= 15 is 0 Å². The van der Waals surface area contributed by atoms with E-state index in [1.54, 1.807) is 6.07 Å². The minimum absolute atomic E-state index is 0. The summed E-state index contributed by atoms with van der Waals surface area (Å²) in [5, 5.41) is 13.8. The number of aromatic nitrogens is 3. The van der Waals surface area contributed by atoms with Gasteiger partial charge in [-0.05, 0) is 62.1 Å². The summed E-state index contributed by atoms with van der Waals surface area (Å²) in [6.45, 7) is 7.22. The Bertz CT molecular complexity index is 1050. The van der Waals surface area contributed by atoms with Crippen LogP contribution in [-0.2, 0) is 6.54 Å². The van der Waals surface area contributed by atoms with Crippen molar-refractivity contribution in [3.05, 3.63) is 65.7 Å². The summed E-state index contributed by atoms with van der Waals surface area (Å²) < 4.78 is 13.5. The average Bonchev–Trinajstić information content (AvgIpc) is 3.33. The van der Waals surface area contributed by atoms with Gasteiger partial charge in [-0.25, -0.2) is 14.4 Å². The van der Waals surface area contributed by atoms with Gasteiger partial charge in [-0.3, -0.25) is 5.10 Å². The number of anilines is 1. The van der Waals surface area contributed by atoms with E-state index in [1.807, 2.05) is 25.1 Å². The van der Waals surface area contributed by atoms with Gasteiger partial charge in [-0.1, -0.05) is 18.2 Å². The van der Waals surface area contributed by atoms with Gasteiger partial charge in [0.05, 0.1) is 6.54 Å². The van der Waals surface area contributed by atoms with E-state index in [2.05, 4.69) is 49.8 Å². The zero-order chi connectivity index (χ0) is 22.3. The highest BCUT2D eigenvalue weighted by Crippen LogP contribution is 2.24. The fourth-order valence-electron chi connectivity index (χ4n) is 4.13. The first-order valence-corrected chi connectivity index (χ1v) is 11.1. The lowest BCUT2D eigenvalue weighted by atomic mass is 10.0. The third-order valence-electron chi connectivity index (χ3n) is 5.64. The van der Waals surface area contributed by atoms with Gasteiger partial charge in [-0.2, -0.15) is 5.10 Å². The highest BCUT2D eigenvalue weighted by atomic mass is 127. The SMILES string of the molecule is CCNC(=NCc1cccc(-c2ncn[nH]2)c1)NC1CCCN(c2ccc(F)cc2C)C1.I. The Morgan fingerprint density at radius 1 is 1.27 bits per heavy atom. The first-order chi connectivity index (χ1) is 15.6. The zero-order valence-electron chi connectivity index (χ0n) is 19.0. The van der Waals surface area contributed by atoms with Crippen molar-refractivity contribution in [2.45, 2.75) is 39.3 Å². The number of nitrogens with zero attached hydrogens (tertiary/aromatic N) is 4. The number of aryl methyl sites for hydroxylation is 1. The van der Waals surface area contributed by atoms with Gasteiger partial charge in [0, 0.05) is 36.9 Å². The third-order valence-corrected chi connectivity index (χ3v) is 5.64. The summed E-state index contributed by atoms with van der Waals surface area (Å²) >= 11 is 0. The molecule has 176 valence electrons. The standard InChI is InChI=1S/C24H30FN7.HI/c1-3-26-24(27-14-18-6-4-7-19(13-18)23-28-16-29-31-23)30-21-8-5-11-32(15-21)22-10-9-20(25)12-17(22)2;/h4,6-7,9-10,12-13,16,21H,3,5,8,11,14-15H2,1-2H3,(H2,26,27,30)(H,28,29,31);1H. The van der Waals surface area contributed by atoms with Crippen LogP contribution in [0.2, 0.25) is 0 Å². The Kier molecular flexibility index (Phi) is 9.04. The van der Waals surface area contributed by atoms with Crippen molar-refractivity contribution in [1.29, 1.82) is 0 Å². The molecule has 33 heavy (non-hydrogen) atoms. The molecule has 1 saturated heterocycles. The predicted molar refractivity (Wildman–Crippen MR) is 142 cm³/mol. The average molecular weight is 563 g/mol. The largest absolute Gasteiger partial charge is 0.369 e. The Morgan fingerprint density at radius 3 is 2.91 bits per heavy atom. The van der Waals surface area contributed by atoms with Crippen LogP contribution in [0.4, 0.5) is 10.1 Å². The smallest absolute Gasteiger partial charge is 0.191 e. The fourth-order valence-corrected chi connectivity index (χ4v) is 4.13. The molecule has 1 atom stereocenters. The number of nitrogens with one attached hydrogen (secondary N) is 3. The number of aromatic amines is 1. The van der Waals surface area contributed by atoms with Gasteiger partial charge in [-0.15, -0.1) is 24.0 Å². The van der Waals surface area contributed by atoms with Crippen molar-refractivity contribution in [2.75, 3.05) is 24.5 Å². The van der Waals surface area contributed by atoms with Gasteiger partial charge in [0.15, 0.2) is 11.8 Å². The van der Waals surface area contributed by atoms with Crippen molar-refractivity contribution in [3.8, 4) is 11.4 Å². The van der Waals surface area contributed by atoms with Gasteiger partial charge in [0.1, 0.15) is 12.1 Å². The lowest BCUT2D eigenvalue weighted by Crippen LogP contribution is -2.51. The molecule has 2 aromatic carbocycles. The van der Waals surface area contributed by atoms with Gasteiger partial charge >= 0.3 is 0 Å². The lowest BCUT2D eigenvalue weighted by Gasteiger charge is -2.36. The number of hydrogen-bond donors (Lipinski definition) is 3. The van der Waals surface area contributed by atoms with Gasteiger partial charge in [0.2, 0.25) is 0 Å². The molecule has 1 unspecified atom stereocenters. The summed E-state index contributed by atoms with van der Waals surface area (Å²) in [7, 11) is 0. The predicted octanol–water partition coefficient (Wildman–Crippen LogP) is 4.26. The molecule has 0 saturated carbocycles. The summed E-state index contributed by atoms with van der Waals surface area (Å²) in [6.07, 6.45) is 3.66. The topological polar surface area (TPSA) is 81.2 Å². The van der Waals surface area contributed by atoms with Crippen LogP contribution >= 0.6 is 24.0 Å². The molecule has 9 heteroatoms. The van der Waals surface area contributed by atoms with Crippen LogP contribution in [0.25, 0.3) is 11.4 Å². The Hall–Kier alpha value is -2.69. The van der Waals surface area contributed by atoms with E-state index < -0.39 is 0 Å². The molecule has 3 N–H and O–H groups in total. The first-order valence-electron chi connectivity index (χ1n) is 11.1. The number of aliphatic imine (C=N–C) groups is 1. The zero-order valence-corrected chi connectivity index (χ0v) is 21.3. The van der Waals surface area contributed by atoms with Crippen LogP contribution in [0, 0.1) is 12.7 Å². The maximum absolute atomic E-state index is 13.5. The van der Waals surface area contributed by atoms with Crippen molar-refractivity contribution >= 4 is 35.6 Å². The van der Waals surface area contributed by atoms with Crippen LogP contribution in [0.5, 0.6) is 0 Å². The quantitative estimate of drug-likeness (QED) is 0.237. The van der Waals surface area contributed by atoms with E-state index in [0.29, 0.717) is 6.54 Å². The Morgan fingerprint density at radius 2 is 2.15 bits per heavy atom. The number of H-pyrrole nitrogens is 1. The molecule has 3 aromatic rings. The molecule has 0 spiro atoms. The second kappa shape index (κ2) is 12.0. The number of guanidine groups is 1. The van der Waals surface area contributed by atoms with Crippen LogP contribution < -0.4 is 15.5 Å². The Balaban J connectivity index is 0.00000306. The minimum atomic E-state index is -0.188. The molecule has 0 amide bonds. The van der Waals surface area contributed by atoms with Crippen molar-refractivity contribution in [2.24, 2.45) is 4.99 Å². The number of piperidine rings is 1. The molecule has 1 fully saturated rings. The van der Waals surface area contributed by atoms with E-state index in [4.69, 9.17) is 4.99 Å². The minimum Gasteiger partial charge on any atom is -0.369 e. The van der Waals surface area contributed by atoms with Crippen LogP contribution in [0.15, 0.2) is 53.8 Å².